The molecule has 0 radical (unpaired) electrons. The number of hydrogen-bond donors (Lipinski definition) is 1. The number of aromatic nitrogens is 1. The molecule has 0 aliphatic carbocycles. The summed E-state index contributed by atoms with van der Waals surface area (Å²) >= 11 is 0. The van der Waals surface area contributed by atoms with Crippen molar-refractivity contribution in [2.75, 3.05) is 5.32 Å². The van der Waals surface area contributed by atoms with Crippen LogP contribution < -0.4 is 5.32 Å². The Labute approximate surface area is 119 Å². The number of rotatable bonds is 0. The van der Waals surface area contributed by atoms with Gasteiger partial charge in [0.05, 0.1) is 6.04 Å². The number of fused-ring (bicyclic) bond motifs is 4. The lowest BCUT2D eigenvalue weighted by Gasteiger charge is -2.13. The molecular weight excluding hydrogens is 244 g/mol. The predicted molar refractivity (Wildman–Crippen MR) is 84.3 cm³/mol. The van der Waals surface area contributed by atoms with Crippen molar-refractivity contribution in [2.24, 2.45) is 0 Å². The predicted octanol–water partition coefficient (Wildman–Crippen LogP) is 4.48. The molecule has 1 aromatic heterocycles. The van der Waals surface area contributed by atoms with Crippen molar-refractivity contribution in [2.45, 2.75) is 26.4 Å². The van der Waals surface area contributed by atoms with Crippen LogP contribution in [0.4, 0.5) is 5.69 Å². The molecule has 1 unspecified atom stereocenters. The molecule has 0 saturated carbocycles. The fourth-order valence-corrected chi connectivity index (χ4v) is 3.22. The quantitative estimate of drug-likeness (QED) is 0.632. The second-order valence-electron chi connectivity index (χ2n) is 5.74. The van der Waals surface area contributed by atoms with Gasteiger partial charge in [-0.15, -0.1) is 0 Å². The minimum Gasteiger partial charge on any atom is -0.377 e. The normalized spacial score (nSPS) is 17.2. The Morgan fingerprint density at radius 3 is 2.85 bits per heavy atom. The maximum Gasteiger partial charge on any atom is 0.0637 e. The van der Waals surface area contributed by atoms with E-state index in [0.717, 1.165) is 6.54 Å². The zero-order chi connectivity index (χ0) is 13.7. The first-order chi connectivity index (χ1) is 9.72. The largest absolute Gasteiger partial charge is 0.377 e. The summed E-state index contributed by atoms with van der Waals surface area (Å²) in [6, 6.07) is 18.0. The Bertz CT molecular complexity index is 798. The average Bonchev–Trinajstić information content (AvgIpc) is 2.72. The van der Waals surface area contributed by atoms with E-state index in [0.29, 0.717) is 6.04 Å². The number of anilines is 1. The summed E-state index contributed by atoms with van der Waals surface area (Å²) < 4.78 is 2.44. The lowest BCUT2D eigenvalue weighted by Crippen LogP contribution is -2.08. The van der Waals surface area contributed by atoms with E-state index in [4.69, 9.17) is 0 Å². The Balaban J connectivity index is 1.97. The molecule has 0 amide bonds. The number of para-hydroxylation sites is 1. The lowest BCUT2D eigenvalue weighted by molar-refractivity contribution is 0.743. The molecule has 1 atom stereocenters. The third kappa shape index (κ3) is 1.64. The molecule has 2 heteroatoms. The maximum atomic E-state index is 3.63. The first kappa shape index (κ1) is 11.6. The van der Waals surface area contributed by atoms with Gasteiger partial charge in [0, 0.05) is 28.8 Å². The molecule has 20 heavy (non-hydrogen) atoms. The second-order valence-corrected chi connectivity index (χ2v) is 5.74. The van der Waals surface area contributed by atoms with Crippen LogP contribution in [0.5, 0.6) is 0 Å². The van der Waals surface area contributed by atoms with Crippen molar-refractivity contribution in [3.63, 3.8) is 0 Å². The van der Waals surface area contributed by atoms with Crippen LogP contribution in [0, 0.1) is 6.92 Å². The molecular formula is C18H18N2. The minimum atomic E-state index is 0.325. The van der Waals surface area contributed by atoms with Crippen LogP contribution in [0.15, 0.2) is 48.5 Å². The van der Waals surface area contributed by atoms with Gasteiger partial charge in [0.25, 0.3) is 0 Å². The Kier molecular flexibility index (Phi) is 2.40. The van der Waals surface area contributed by atoms with Crippen molar-refractivity contribution in [1.29, 1.82) is 0 Å². The van der Waals surface area contributed by atoms with Crippen LogP contribution in [-0.2, 0) is 6.54 Å². The van der Waals surface area contributed by atoms with E-state index >= 15 is 0 Å². The molecule has 4 rings (SSSR count). The molecule has 2 nitrogen and oxygen atoms in total. The summed E-state index contributed by atoms with van der Waals surface area (Å²) in [6.07, 6.45) is 0. The Morgan fingerprint density at radius 1 is 1.10 bits per heavy atom. The first-order valence-corrected chi connectivity index (χ1v) is 7.16. The average molecular weight is 262 g/mol. The van der Waals surface area contributed by atoms with Gasteiger partial charge < -0.3 is 9.88 Å². The first-order valence-electron chi connectivity index (χ1n) is 7.16. The van der Waals surface area contributed by atoms with E-state index in [2.05, 4.69) is 72.3 Å². The summed E-state index contributed by atoms with van der Waals surface area (Å²) in [6.45, 7) is 5.33. The smallest absolute Gasteiger partial charge is 0.0637 e. The highest BCUT2D eigenvalue weighted by Crippen LogP contribution is 2.33. The third-order valence-electron chi connectivity index (χ3n) is 4.25. The molecule has 0 fully saturated rings. The summed E-state index contributed by atoms with van der Waals surface area (Å²) in [4.78, 5) is 0. The van der Waals surface area contributed by atoms with Gasteiger partial charge >= 0.3 is 0 Å². The maximum absolute atomic E-state index is 3.63. The second kappa shape index (κ2) is 4.14. The summed E-state index contributed by atoms with van der Waals surface area (Å²) in [5.74, 6) is 0. The van der Waals surface area contributed by atoms with Crippen LogP contribution in [0.2, 0.25) is 0 Å². The van der Waals surface area contributed by atoms with Gasteiger partial charge in [-0.05, 0) is 43.7 Å². The van der Waals surface area contributed by atoms with Crippen LogP contribution in [0.25, 0.3) is 10.9 Å². The molecule has 1 N–H and O–H groups in total. The van der Waals surface area contributed by atoms with Crippen LogP contribution in [0.1, 0.15) is 29.8 Å². The molecule has 3 aromatic rings. The van der Waals surface area contributed by atoms with Gasteiger partial charge in [0.2, 0.25) is 0 Å². The number of hydrogen-bond acceptors (Lipinski definition) is 1. The van der Waals surface area contributed by atoms with Gasteiger partial charge in [-0.3, -0.25) is 0 Å². The monoisotopic (exact) mass is 262 g/mol. The zero-order valence-corrected chi connectivity index (χ0v) is 11.9. The highest BCUT2D eigenvalue weighted by Gasteiger charge is 2.20. The Hall–Kier alpha value is -2.22. The van der Waals surface area contributed by atoms with E-state index in [1.54, 1.807) is 0 Å². The fraction of sp³-hybridized carbons (Fsp3) is 0.222. The molecule has 1 aliphatic rings. The highest BCUT2D eigenvalue weighted by molar-refractivity contribution is 5.83. The number of benzene rings is 2. The van der Waals surface area contributed by atoms with Crippen molar-refractivity contribution >= 4 is 16.6 Å². The molecule has 2 heterocycles. The lowest BCUT2D eigenvalue weighted by atomic mass is 10.1. The number of nitrogens with zero attached hydrogens (tertiary/aromatic N) is 1. The van der Waals surface area contributed by atoms with Gasteiger partial charge in [0.15, 0.2) is 0 Å². The van der Waals surface area contributed by atoms with Gasteiger partial charge in [-0.25, -0.2) is 0 Å². The van der Waals surface area contributed by atoms with Crippen LogP contribution in [0.3, 0.4) is 0 Å². The van der Waals surface area contributed by atoms with Crippen molar-refractivity contribution in [3.8, 4) is 0 Å². The third-order valence-corrected chi connectivity index (χ3v) is 4.25. The molecule has 2 aromatic carbocycles. The molecule has 1 aliphatic heterocycles. The van der Waals surface area contributed by atoms with Crippen LogP contribution in [-0.4, -0.2) is 4.57 Å². The summed E-state index contributed by atoms with van der Waals surface area (Å²) in [7, 11) is 0. The number of aryl methyl sites for hydroxylation is 1. The highest BCUT2D eigenvalue weighted by atomic mass is 15.1. The zero-order valence-electron chi connectivity index (χ0n) is 11.9. The van der Waals surface area contributed by atoms with Crippen molar-refractivity contribution < 1.29 is 0 Å². The Morgan fingerprint density at radius 2 is 1.95 bits per heavy atom. The van der Waals surface area contributed by atoms with Crippen LogP contribution >= 0.6 is 0 Å². The summed E-state index contributed by atoms with van der Waals surface area (Å²) in [5, 5.41) is 4.97. The molecule has 0 spiro atoms. The summed E-state index contributed by atoms with van der Waals surface area (Å²) in [5.41, 5.74) is 6.62. The van der Waals surface area contributed by atoms with E-state index in [1.807, 2.05) is 0 Å². The van der Waals surface area contributed by atoms with Crippen molar-refractivity contribution in [3.05, 3.63) is 65.4 Å². The minimum absolute atomic E-state index is 0.325. The van der Waals surface area contributed by atoms with Gasteiger partial charge in [-0.1, -0.05) is 29.8 Å². The SMILES string of the molecule is Cc1ccc2c(c1)cc1n2Cc2ccccc2NC1C. The molecule has 0 bridgehead atoms. The van der Waals surface area contributed by atoms with E-state index in [9.17, 15) is 0 Å². The standard InChI is InChI=1S/C18H18N2/c1-12-7-8-17-15(9-12)10-18-13(2)19-16-6-4-3-5-14(16)11-20(17)18/h3-10,13,19H,11H2,1-2H3. The van der Waals surface area contributed by atoms with E-state index in [-0.39, 0.29) is 0 Å². The fourth-order valence-electron chi connectivity index (χ4n) is 3.22. The molecule has 100 valence electrons. The van der Waals surface area contributed by atoms with Gasteiger partial charge in [-0.2, -0.15) is 0 Å². The topological polar surface area (TPSA) is 17.0 Å². The van der Waals surface area contributed by atoms with Crippen molar-refractivity contribution in [1.82, 2.24) is 4.57 Å². The van der Waals surface area contributed by atoms with E-state index in [1.165, 1.54) is 33.4 Å². The van der Waals surface area contributed by atoms with E-state index < -0.39 is 0 Å². The number of nitrogens with one attached hydrogen (secondary N) is 1. The van der Waals surface area contributed by atoms with Gasteiger partial charge in [0.1, 0.15) is 0 Å². The molecule has 0 saturated heterocycles.